The van der Waals surface area contributed by atoms with Gasteiger partial charge in [-0.15, -0.1) is 13.2 Å². The largest absolute Gasteiger partial charge is 0.394 e. The second-order valence-electron chi connectivity index (χ2n) is 11.3. The highest BCUT2D eigenvalue weighted by molar-refractivity contribution is 5.99. The van der Waals surface area contributed by atoms with Gasteiger partial charge in [-0.25, -0.2) is 0 Å². The minimum absolute atomic E-state index is 0.171. The summed E-state index contributed by atoms with van der Waals surface area (Å²) in [5, 5.41) is 10.2. The molecule has 5 rings (SSSR count). The molecule has 2 bridgehead atoms. The molecule has 8 nitrogen and oxygen atoms in total. The standard InChI is InChI=1S/C33H39N3O5/c1-4-18-34(20-24-12-8-6-9-13-24)30(38)27-26-16-17-33(41-26)28(27)31(39)36(23(3)22-37)29(33)32(40)35(19-5-2)21-25-14-10-7-11-15-25/h4-15,23,26-29,37H,1-2,16-22H2,3H3/t23-,26-,27+,28+,29?,33?/m1/s1. The first-order valence-electron chi connectivity index (χ1n) is 14.3. The third-order valence-electron chi connectivity index (χ3n) is 8.75. The number of likely N-dealkylation sites (tertiary alicyclic amines) is 1. The van der Waals surface area contributed by atoms with E-state index in [9.17, 15) is 19.5 Å². The van der Waals surface area contributed by atoms with E-state index in [0.717, 1.165) is 11.1 Å². The SMILES string of the molecule is C=CCN(Cc1ccccc1)C(=O)C1N([C@H](C)CO)C(=O)[C@@H]2[C@@H](C(=O)N(CC=C)Cc3ccccc3)[C@H]3CCC12O3. The van der Waals surface area contributed by atoms with Crippen LogP contribution in [0.15, 0.2) is 86.0 Å². The van der Waals surface area contributed by atoms with Gasteiger partial charge in [-0.3, -0.25) is 14.4 Å². The van der Waals surface area contributed by atoms with Crippen molar-refractivity contribution in [2.45, 2.75) is 56.6 Å². The van der Waals surface area contributed by atoms with Crippen molar-refractivity contribution in [3.8, 4) is 0 Å². The molecule has 2 aromatic rings. The van der Waals surface area contributed by atoms with Crippen LogP contribution >= 0.6 is 0 Å². The molecule has 3 amide bonds. The Morgan fingerprint density at radius 3 is 2.05 bits per heavy atom. The number of carbonyl (C=O) groups is 3. The van der Waals surface area contributed by atoms with Crippen LogP contribution in [0, 0.1) is 11.8 Å². The number of nitrogens with zero attached hydrogens (tertiary/aromatic N) is 3. The molecule has 0 aliphatic carbocycles. The first-order valence-corrected chi connectivity index (χ1v) is 14.3. The fraction of sp³-hybridized carbons (Fsp3) is 0.424. The van der Waals surface area contributed by atoms with Crippen LogP contribution in [0.1, 0.15) is 30.9 Å². The third-order valence-corrected chi connectivity index (χ3v) is 8.75. The van der Waals surface area contributed by atoms with Gasteiger partial charge < -0.3 is 24.5 Å². The Morgan fingerprint density at radius 1 is 1.00 bits per heavy atom. The summed E-state index contributed by atoms with van der Waals surface area (Å²) in [6.07, 6.45) is 3.98. The molecule has 0 saturated carbocycles. The molecule has 3 fully saturated rings. The topological polar surface area (TPSA) is 90.4 Å². The summed E-state index contributed by atoms with van der Waals surface area (Å²) in [7, 11) is 0. The quantitative estimate of drug-likeness (QED) is 0.405. The Hall–Kier alpha value is -3.75. The number of fused-ring (bicyclic) bond motifs is 1. The van der Waals surface area contributed by atoms with E-state index in [1.165, 1.54) is 4.90 Å². The smallest absolute Gasteiger partial charge is 0.249 e. The molecule has 3 heterocycles. The maximum absolute atomic E-state index is 14.4. The lowest BCUT2D eigenvalue weighted by atomic mass is 9.70. The number of hydrogen-bond donors (Lipinski definition) is 1. The number of aliphatic hydroxyl groups excluding tert-OH is 1. The molecule has 41 heavy (non-hydrogen) atoms. The molecule has 3 saturated heterocycles. The fourth-order valence-electron chi connectivity index (χ4n) is 6.98. The van der Waals surface area contributed by atoms with Gasteiger partial charge in [0, 0.05) is 26.2 Å². The zero-order chi connectivity index (χ0) is 29.1. The van der Waals surface area contributed by atoms with Crippen molar-refractivity contribution in [1.82, 2.24) is 14.7 Å². The van der Waals surface area contributed by atoms with Gasteiger partial charge in [0.2, 0.25) is 17.7 Å². The van der Waals surface area contributed by atoms with Crippen LogP contribution in [0.25, 0.3) is 0 Å². The van der Waals surface area contributed by atoms with Crippen LogP contribution in [0.2, 0.25) is 0 Å². The Morgan fingerprint density at radius 2 is 1.54 bits per heavy atom. The zero-order valence-corrected chi connectivity index (χ0v) is 23.6. The average molecular weight is 558 g/mol. The highest BCUT2D eigenvalue weighted by Gasteiger charge is 2.75. The minimum Gasteiger partial charge on any atom is -0.394 e. The van der Waals surface area contributed by atoms with Crippen LogP contribution < -0.4 is 0 Å². The van der Waals surface area contributed by atoms with Crippen molar-refractivity contribution in [2.75, 3.05) is 19.7 Å². The molecule has 3 aliphatic heterocycles. The van der Waals surface area contributed by atoms with Crippen LogP contribution in [-0.2, 0) is 32.2 Å². The van der Waals surface area contributed by atoms with Crippen molar-refractivity contribution in [2.24, 2.45) is 11.8 Å². The van der Waals surface area contributed by atoms with Gasteiger partial charge >= 0.3 is 0 Å². The van der Waals surface area contributed by atoms with E-state index in [0.29, 0.717) is 32.5 Å². The molecule has 0 aromatic heterocycles. The number of hydrogen-bond acceptors (Lipinski definition) is 5. The minimum atomic E-state index is -1.13. The fourth-order valence-corrected chi connectivity index (χ4v) is 6.98. The molecular formula is C33H39N3O5. The predicted octanol–water partition coefficient (Wildman–Crippen LogP) is 3.17. The average Bonchev–Trinajstić information content (AvgIpc) is 3.64. The van der Waals surface area contributed by atoms with Gasteiger partial charge in [0.05, 0.1) is 30.6 Å². The molecule has 8 heteroatoms. The van der Waals surface area contributed by atoms with Gasteiger partial charge in [-0.1, -0.05) is 72.8 Å². The Kier molecular flexibility index (Phi) is 8.42. The van der Waals surface area contributed by atoms with Gasteiger partial charge in [0.25, 0.3) is 0 Å². The van der Waals surface area contributed by atoms with Gasteiger partial charge in [0.15, 0.2) is 0 Å². The van der Waals surface area contributed by atoms with E-state index in [1.807, 2.05) is 60.7 Å². The van der Waals surface area contributed by atoms with E-state index in [1.54, 1.807) is 28.9 Å². The molecule has 2 unspecified atom stereocenters. The number of benzene rings is 2. The highest BCUT2D eigenvalue weighted by atomic mass is 16.5. The van der Waals surface area contributed by atoms with E-state index in [-0.39, 0.29) is 30.9 Å². The summed E-state index contributed by atoms with van der Waals surface area (Å²) in [5.74, 6) is -2.25. The molecule has 216 valence electrons. The summed E-state index contributed by atoms with van der Waals surface area (Å²) in [5.41, 5.74) is 0.794. The van der Waals surface area contributed by atoms with Crippen molar-refractivity contribution in [3.05, 3.63) is 97.1 Å². The summed E-state index contributed by atoms with van der Waals surface area (Å²) < 4.78 is 6.61. The molecule has 1 N–H and O–H groups in total. The van der Waals surface area contributed by atoms with E-state index < -0.39 is 35.6 Å². The second kappa shape index (κ2) is 12.0. The van der Waals surface area contributed by atoms with Gasteiger partial charge in [0.1, 0.15) is 11.6 Å². The molecule has 3 aliphatic rings. The van der Waals surface area contributed by atoms with Crippen molar-refractivity contribution < 1.29 is 24.2 Å². The number of ether oxygens (including phenoxy) is 1. The van der Waals surface area contributed by atoms with E-state index in [2.05, 4.69) is 13.2 Å². The number of amides is 3. The summed E-state index contributed by atoms with van der Waals surface area (Å²) in [6, 6.07) is 17.8. The predicted molar refractivity (Wildman–Crippen MR) is 155 cm³/mol. The van der Waals surface area contributed by atoms with Gasteiger partial charge in [-0.05, 0) is 30.9 Å². The molecular weight excluding hydrogens is 518 g/mol. The van der Waals surface area contributed by atoms with Crippen molar-refractivity contribution in [3.63, 3.8) is 0 Å². The lowest BCUT2D eigenvalue weighted by Gasteiger charge is -2.38. The normalized spacial score (nSPS) is 26.9. The van der Waals surface area contributed by atoms with Crippen molar-refractivity contribution >= 4 is 17.7 Å². The number of rotatable bonds is 12. The maximum Gasteiger partial charge on any atom is 0.249 e. The molecule has 6 atom stereocenters. The molecule has 1 spiro atoms. The van der Waals surface area contributed by atoms with Crippen LogP contribution in [0.3, 0.4) is 0 Å². The van der Waals surface area contributed by atoms with Crippen LogP contribution in [-0.4, -0.2) is 81.0 Å². The lowest BCUT2D eigenvalue weighted by molar-refractivity contribution is -0.151. The second-order valence-corrected chi connectivity index (χ2v) is 11.3. The molecule has 2 aromatic carbocycles. The Labute approximate surface area is 241 Å². The zero-order valence-electron chi connectivity index (χ0n) is 23.6. The lowest BCUT2D eigenvalue weighted by Crippen LogP contribution is -2.58. The monoisotopic (exact) mass is 557 g/mol. The maximum atomic E-state index is 14.4. The van der Waals surface area contributed by atoms with Crippen molar-refractivity contribution in [1.29, 1.82) is 0 Å². The Bertz CT molecular complexity index is 1280. The van der Waals surface area contributed by atoms with E-state index in [4.69, 9.17) is 4.74 Å². The first kappa shape index (κ1) is 28.8. The highest BCUT2D eigenvalue weighted by Crippen LogP contribution is 2.59. The van der Waals surface area contributed by atoms with Crippen LogP contribution in [0.5, 0.6) is 0 Å². The van der Waals surface area contributed by atoms with Crippen LogP contribution in [0.4, 0.5) is 0 Å². The number of carbonyl (C=O) groups excluding carboxylic acids is 3. The summed E-state index contributed by atoms with van der Waals surface area (Å²) in [6.45, 7) is 10.5. The summed E-state index contributed by atoms with van der Waals surface area (Å²) in [4.78, 5) is 47.7. The van der Waals surface area contributed by atoms with E-state index >= 15 is 0 Å². The molecule has 0 radical (unpaired) electrons. The first-order chi connectivity index (χ1) is 19.9. The van der Waals surface area contributed by atoms with Gasteiger partial charge in [-0.2, -0.15) is 0 Å². The Balaban J connectivity index is 1.50. The third kappa shape index (κ3) is 5.11. The summed E-state index contributed by atoms with van der Waals surface area (Å²) >= 11 is 0. The number of aliphatic hydroxyl groups is 1.